The lowest BCUT2D eigenvalue weighted by Crippen LogP contribution is -2.56. The maximum absolute atomic E-state index is 7.59. The normalized spacial score (nSPS) is 13.6. The van der Waals surface area contributed by atoms with E-state index in [0.29, 0.717) is 0 Å². The summed E-state index contributed by atoms with van der Waals surface area (Å²) in [5.41, 5.74) is 27.4. The van der Waals surface area contributed by atoms with Gasteiger partial charge in [-0.1, -0.05) is 206 Å². The SMILES string of the molecule is c1ccc(N2c3cc4c(oc5ccccc54)c4c3B(c3ccc5ccccc5c32)n2c3ccc(-c5cccc6c5oc5cc7c8c(c56)-c5cccc6c9ccccc9n(c56)B8c5ccc6ccccc6c5N7c5ccccc5)cc3c3cccc-4c32)cc1. The van der Waals surface area contributed by atoms with E-state index in [2.05, 4.69) is 286 Å². The van der Waals surface area contributed by atoms with Crippen LogP contribution >= 0.6 is 0 Å². The van der Waals surface area contributed by atoms with Crippen molar-refractivity contribution in [3.8, 4) is 33.4 Å². The number of hydrogen-bond donors (Lipinski definition) is 0. The second kappa shape index (κ2) is 16.3. The molecule has 0 radical (unpaired) electrons. The summed E-state index contributed by atoms with van der Waals surface area (Å²) in [5.74, 6) is 0. The number of furan rings is 2. The summed E-state index contributed by atoms with van der Waals surface area (Å²) in [5, 5.41) is 14.3. The summed E-state index contributed by atoms with van der Waals surface area (Å²) >= 11 is 0. The highest BCUT2D eigenvalue weighted by Gasteiger charge is 2.47. The van der Waals surface area contributed by atoms with Crippen molar-refractivity contribution >= 4 is 179 Å². The third-order valence-electron chi connectivity index (χ3n) is 20.4. The van der Waals surface area contributed by atoms with Gasteiger partial charge in [0.1, 0.15) is 22.3 Å². The van der Waals surface area contributed by atoms with Crippen molar-refractivity contribution in [3.05, 3.63) is 267 Å². The lowest BCUT2D eigenvalue weighted by molar-refractivity contribution is 0.670. The predicted octanol–water partition coefficient (Wildman–Crippen LogP) is 18.5. The second-order valence-corrected chi connectivity index (χ2v) is 24.5. The van der Waals surface area contributed by atoms with Gasteiger partial charge in [0, 0.05) is 127 Å². The molecule has 0 amide bonds. The van der Waals surface area contributed by atoms with Crippen LogP contribution in [0.4, 0.5) is 34.1 Å². The standard InChI is InChI=1S/C80H44B2N4O2/c1-3-20-48(21-4-1)83-66-43-61-54-27-12-14-35-68(54)87-80(61)72-58-32-17-30-56-60-42-47(38-41-65(60)86(76(56)58)82(74(66)72)63-40-37-45-18-7-9-24-50(45)77(63)83)52-28-15-33-59-70-69(88-79(52)59)44-67-73-71(70)57-31-16-29-55-53-26-11-13-34-64(53)85(75(55)57)81(73)62-39-36-46-19-8-10-25-51(46)78(62)84(67)49-22-5-2-6-23-49/h1-44H. The molecule has 18 aromatic rings. The molecule has 0 saturated heterocycles. The molecule has 8 heteroatoms. The molecule has 4 aliphatic heterocycles. The Kier molecular flexibility index (Phi) is 8.49. The van der Waals surface area contributed by atoms with E-state index in [4.69, 9.17) is 8.83 Å². The van der Waals surface area contributed by atoms with Gasteiger partial charge in [-0.15, -0.1) is 0 Å². The van der Waals surface area contributed by atoms with Gasteiger partial charge in [-0.3, -0.25) is 0 Å². The van der Waals surface area contributed by atoms with Crippen LogP contribution in [-0.2, 0) is 0 Å². The fourth-order valence-electron chi connectivity index (χ4n) is 17.0. The maximum atomic E-state index is 7.59. The highest BCUT2D eigenvalue weighted by molar-refractivity contribution is 6.91. The Balaban J connectivity index is 0.822. The summed E-state index contributed by atoms with van der Waals surface area (Å²) in [6.45, 7) is -0.288. The molecule has 0 unspecified atom stereocenters. The largest absolute Gasteiger partial charge is 0.455 e. The molecule has 14 aromatic carbocycles. The molecular weight excluding hydrogens is 1070 g/mol. The molecule has 402 valence electrons. The molecule has 0 N–H and O–H groups in total. The Labute approximate surface area is 503 Å². The van der Waals surface area contributed by atoms with Crippen molar-refractivity contribution in [1.29, 1.82) is 0 Å². The predicted molar refractivity (Wildman–Crippen MR) is 369 cm³/mol. The Morgan fingerprint density at radius 3 is 1.50 bits per heavy atom. The van der Waals surface area contributed by atoms with Crippen LogP contribution in [0.15, 0.2) is 276 Å². The molecule has 6 nitrogen and oxygen atoms in total. The van der Waals surface area contributed by atoms with E-state index >= 15 is 0 Å². The Hall–Kier alpha value is -11.5. The smallest absolute Gasteiger partial charge is 0.333 e. The van der Waals surface area contributed by atoms with Crippen molar-refractivity contribution in [3.63, 3.8) is 0 Å². The molecule has 4 aromatic heterocycles. The summed E-state index contributed by atoms with van der Waals surface area (Å²) in [6.07, 6.45) is 0. The fourth-order valence-corrected chi connectivity index (χ4v) is 17.0. The molecule has 0 atom stereocenters. The first kappa shape index (κ1) is 45.9. The fraction of sp³-hybridized carbons (Fsp3) is 0. The van der Waals surface area contributed by atoms with Crippen molar-refractivity contribution in [1.82, 2.24) is 8.96 Å². The Morgan fingerprint density at radius 2 is 0.818 bits per heavy atom. The molecule has 0 bridgehead atoms. The van der Waals surface area contributed by atoms with Gasteiger partial charge >= 0.3 is 13.7 Å². The lowest BCUT2D eigenvalue weighted by atomic mass is 9.44. The molecule has 88 heavy (non-hydrogen) atoms. The minimum absolute atomic E-state index is 0.118. The van der Waals surface area contributed by atoms with Crippen molar-refractivity contribution in [2.24, 2.45) is 0 Å². The lowest BCUT2D eigenvalue weighted by Gasteiger charge is -2.41. The van der Waals surface area contributed by atoms with Gasteiger partial charge in [-0.05, 0) is 98.3 Å². The second-order valence-electron chi connectivity index (χ2n) is 24.5. The van der Waals surface area contributed by atoms with E-state index < -0.39 is 0 Å². The minimum atomic E-state index is -0.170. The highest BCUT2D eigenvalue weighted by atomic mass is 16.3. The van der Waals surface area contributed by atoms with Crippen LogP contribution in [0.3, 0.4) is 0 Å². The van der Waals surface area contributed by atoms with E-state index in [0.717, 1.165) is 77.6 Å². The molecule has 22 rings (SSSR count). The molecule has 8 heterocycles. The number of benzene rings is 14. The van der Waals surface area contributed by atoms with Gasteiger partial charge < -0.3 is 27.6 Å². The first-order valence-corrected chi connectivity index (χ1v) is 30.6. The maximum Gasteiger partial charge on any atom is 0.333 e. The van der Waals surface area contributed by atoms with E-state index in [1.54, 1.807) is 0 Å². The number of hydrogen-bond acceptors (Lipinski definition) is 4. The number of para-hydroxylation sites is 7. The van der Waals surface area contributed by atoms with Gasteiger partial charge in [0.15, 0.2) is 0 Å². The van der Waals surface area contributed by atoms with Crippen LogP contribution in [0, 0.1) is 0 Å². The molecule has 0 fully saturated rings. The van der Waals surface area contributed by atoms with Gasteiger partial charge in [-0.25, -0.2) is 0 Å². The van der Waals surface area contributed by atoms with Gasteiger partial charge in [0.25, 0.3) is 0 Å². The summed E-state index contributed by atoms with van der Waals surface area (Å²) in [6, 6.07) is 99.2. The van der Waals surface area contributed by atoms with Crippen LogP contribution in [-0.4, -0.2) is 22.7 Å². The third kappa shape index (κ3) is 5.55. The third-order valence-corrected chi connectivity index (χ3v) is 20.4. The Morgan fingerprint density at radius 1 is 0.307 bits per heavy atom. The van der Waals surface area contributed by atoms with Crippen LogP contribution < -0.4 is 31.7 Å². The van der Waals surface area contributed by atoms with Crippen molar-refractivity contribution in [2.75, 3.05) is 9.80 Å². The summed E-state index contributed by atoms with van der Waals surface area (Å²) < 4.78 is 20.0. The average molecular weight is 1110 g/mol. The summed E-state index contributed by atoms with van der Waals surface area (Å²) in [7, 11) is 0. The topological polar surface area (TPSA) is 42.6 Å². The van der Waals surface area contributed by atoms with Crippen molar-refractivity contribution < 1.29 is 8.83 Å². The zero-order chi connectivity index (χ0) is 56.8. The number of anilines is 6. The molecular formula is C80H44B2N4O2. The van der Waals surface area contributed by atoms with E-state index in [1.807, 2.05) is 0 Å². The zero-order valence-electron chi connectivity index (χ0n) is 47.2. The van der Waals surface area contributed by atoms with Crippen LogP contribution in [0.5, 0.6) is 0 Å². The summed E-state index contributed by atoms with van der Waals surface area (Å²) in [4.78, 5) is 5.05. The Bertz CT molecular complexity index is 6230. The van der Waals surface area contributed by atoms with Crippen LogP contribution in [0.2, 0.25) is 0 Å². The van der Waals surface area contributed by atoms with E-state index in [-0.39, 0.29) is 13.7 Å². The first-order chi connectivity index (χ1) is 43.7. The number of fused-ring (bicyclic) bond motifs is 26. The van der Waals surface area contributed by atoms with Crippen molar-refractivity contribution in [2.45, 2.75) is 0 Å². The van der Waals surface area contributed by atoms with E-state index in [9.17, 15) is 0 Å². The number of aromatic nitrogens is 2. The van der Waals surface area contributed by atoms with Gasteiger partial charge in [0.05, 0.1) is 11.4 Å². The monoisotopic (exact) mass is 1110 g/mol. The van der Waals surface area contributed by atoms with Gasteiger partial charge in [0.2, 0.25) is 0 Å². The highest BCUT2D eigenvalue weighted by Crippen LogP contribution is 2.54. The quantitative estimate of drug-likeness (QED) is 0.165. The van der Waals surface area contributed by atoms with E-state index in [1.165, 1.54) is 121 Å². The molecule has 0 spiro atoms. The molecule has 0 aliphatic carbocycles. The minimum Gasteiger partial charge on any atom is -0.455 e. The molecule has 0 saturated carbocycles. The number of nitrogens with zero attached hydrogens (tertiary/aromatic N) is 4. The first-order valence-electron chi connectivity index (χ1n) is 30.6. The average Bonchev–Trinajstić information content (AvgIpc) is 1.63. The van der Waals surface area contributed by atoms with Crippen LogP contribution in [0.25, 0.3) is 142 Å². The van der Waals surface area contributed by atoms with Crippen LogP contribution in [0.1, 0.15) is 0 Å². The van der Waals surface area contributed by atoms with Gasteiger partial charge in [-0.2, -0.15) is 0 Å². The number of rotatable bonds is 3. The molecule has 4 aliphatic rings. The zero-order valence-corrected chi connectivity index (χ0v) is 47.2.